The first-order valence-corrected chi connectivity index (χ1v) is 16.0. The summed E-state index contributed by atoms with van der Waals surface area (Å²) in [6.07, 6.45) is 0.329. The Balaban J connectivity index is 1.61. The molecule has 3 atom stereocenters. The topological polar surface area (TPSA) is 102 Å². The third kappa shape index (κ3) is 10.3. The van der Waals surface area contributed by atoms with Crippen LogP contribution in [0.1, 0.15) is 59.8 Å². The van der Waals surface area contributed by atoms with Crippen molar-refractivity contribution in [1.29, 1.82) is 0 Å². The quantitative estimate of drug-likeness (QED) is 0.142. The van der Waals surface area contributed by atoms with Gasteiger partial charge in [0, 0.05) is 29.8 Å². The van der Waals surface area contributed by atoms with E-state index in [0.717, 1.165) is 16.7 Å². The third-order valence-corrected chi connectivity index (χ3v) is 8.08. The highest BCUT2D eigenvalue weighted by Crippen LogP contribution is 2.21. The van der Waals surface area contributed by atoms with E-state index in [1.807, 2.05) is 112 Å². The van der Waals surface area contributed by atoms with E-state index in [1.165, 1.54) is 0 Å². The minimum absolute atomic E-state index is 0.0438. The zero-order chi connectivity index (χ0) is 33.1. The van der Waals surface area contributed by atoms with Crippen LogP contribution in [0.25, 0.3) is 0 Å². The largest absolute Gasteiger partial charge is 0.508 e. The van der Waals surface area contributed by atoms with E-state index in [-0.39, 0.29) is 17.6 Å². The molecule has 46 heavy (non-hydrogen) atoms. The van der Waals surface area contributed by atoms with Gasteiger partial charge in [-0.05, 0) is 75.8 Å². The van der Waals surface area contributed by atoms with Gasteiger partial charge in [0.1, 0.15) is 5.75 Å². The number of amides is 2. The number of nitrogens with zero attached hydrogens (tertiary/aromatic N) is 1. The summed E-state index contributed by atoms with van der Waals surface area (Å²) in [4.78, 5) is 29.5. The molecule has 7 heteroatoms. The Labute approximate surface area is 273 Å². The molecular weight excluding hydrogens is 574 g/mol. The van der Waals surface area contributed by atoms with E-state index in [2.05, 4.69) is 15.5 Å². The maximum absolute atomic E-state index is 13.9. The van der Waals surface area contributed by atoms with Crippen molar-refractivity contribution < 1.29 is 19.8 Å². The predicted molar refractivity (Wildman–Crippen MR) is 184 cm³/mol. The van der Waals surface area contributed by atoms with Gasteiger partial charge in [-0.15, -0.1) is 0 Å². The van der Waals surface area contributed by atoms with Gasteiger partial charge < -0.3 is 20.8 Å². The summed E-state index contributed by atoms with van der Waals surface area (Å²) in [6, 6.07) is 33.5. The molecule has 2 amide bonds. The highest BCUT2D eigenvalue weighted by atomic mass is 16.3. The molecule has 0 saturated heterocycles. The van der Waals surface area contributed by atoms with E-state index in [4.69, 9.17) is 0 Å². The van der Waals surface area contributed by atoms with E-state index < -0.39 is 23.7 Å². The number of carbonyl (C=O) groups is 2. The predicted octanol–water partition coefficient (Wildman–Crippen LogP) is 5.82. The minimum atomic E-state index is -0.914. The number of benzene rings is 4. The van der Waals surface area contributed by atoms with Gasteiger partial charge in [0.2, 0.25) is 5.91 Å². The Hall–Kier alpha value is -4.46. The number of carbonyl (C=O) groups excluding carboxylic acids is 2. The maximum atomic E-state index is 13.9. The van der Waals surface area contributed by atoms with E-state index in [9.17, 15) is 19.8 Å². The molecule has 0 unspecified atom stereocenters. The standard InChI is InChI=1S/C39H47N3O4/c1-28-32(21-14-22-35(28)43)37(45)40-33(25-29-15-8-5-9-16-29)36(44)23-24-42(27-31-19-12-7-13-20-31)34(38(46)41-39(2,3)4)26-30-17-10-6-11-18-30/h5-22,33-34,36,43-44H,23-27H2,1-4H3,(H,40,45)(H,41,46)/t33-,34-,36+/m0/s1. The van der Waals surface area contributed by atoms with Gasteiger partial charge in [-0.2, -0.15) is 0 Å². The first-order chi connectivity index (χ1) is 22.0. The first-order valence-electron chi connectivity index (χ1n) is 16.0. The van der Waals surface area contributed by atoms with Crippen LogP contribution >= 0.6 is 0 Å². The Morgan fingerprint density at radius 2 is 1.30 bits per heavy atom. The number of aliphatic hydroxyl groups excluding tert-OH is 1. The van der Waals surface area contributed by atoms with Gasteiger partial charge in [0.05, 0.1) is 18.2 Å². The number of phenols is 1. The molecule has 4 N–H and O–H groups in total. The van der Waals surface area contributed by atoms with Crippen molar-refractivity contribution in [2.24, 2.45) is 0 Å². The summed E-state index contributed by atoms with van der Waals surface area (Å²) >= 11 is 0. The molecule has 0 aliphatic carbocycles. The molecule has 0 aliphatic heterocycles. The highest BCUT2D eigenvalue weighted by Gasteiger charge is 2.31. The molecule has 4 rings (SSSR count). The summed E-state index contributed by atoms with van der Waals surface area (Å²) in [5.41, 5.74) is 3.51. The fourth-order valence-corrected chi connectivity index (χ4v) is 5.61. The van der Waals surface area contributed by atoms with Gasteiger partial charge in [0.15, 0.2) is 0 Å². The molecule has 0 fully saturated rings. The number of rotatable bonds is 14. The van der Waals surface area contributed by atoms with Gasteiger partial charge in [-0.25, -0.2) is 0 Å². The van der Waals surface area contributed by atoms with Crippen LogP contribution in [-0.4, -0.2) is 57.2 Å². The summed E-state index contributed by atoms with van der Waals surface area (Å²) in [6.45, 7) is 8.55. The lowest BCUT2D eigenvalue weighted by Crippen LogP contribution is -2.54. The molecule has 0 radical (unpaired) electrons. The molecule has 4 aromatic rings. The smallest absolute Gasteiger partial charge is 0.252 e. The van der Waals surface area contributed by atoms with Crippen LogP contribution in [0.4, 0.5) is 0 Å². The van der Waals surface area contributed by atoms with E-state index in [0.29, 0.717) is 43.5 Å². The summed E-state index contributed by atoms with van der Waals surface area (Å²) in [5, 5.41) is 28.1. The van der Waals surface area contributed by atoms with Crippen LogP contribution in [0.15, 0.2) is 109 Å². The lowest BCUT2D eigenvalue weighted by atomic mass is 9.96. The number of aromatic hydroxyl groups is 1. The lowest BCUT2D eigenvalue weighted by Gasteiger charge is -2.35. The second kappa shape index (κ2) is 16.2. The zero-order valence-corrected chi connectivity index (χ0v) is 27.3. The first kappa shape index (κ1) is 34.4. The average Bonchev–Trinajstić information content (AvgIpc) is 3.03. The number of phenolic OH excluding ortho intramolecular Hbond substituents is 1. The molecule has 0 heterocycles. The number of hydrogen-bond donors (Lipinski definition) is 4. The maximum Gasteiger partial charge on any atom is 0.252 e. The fraction of sp³-hybridized carbons (Fsp3) is 0.333. The SMILES string of the molecule is Cc1c(O)cccc1C(=O)N[C@@H](Cc1ccccc1)[C@H](O)CCN(Cc1ccccc1)[C@@H](Cc1ccccc1)C(=O)NC(C)(C)C. The monoisotopic (exact) mass is 621 g/mol. The number of hydrogen-bond acceptors (Lipinski definition) is 5. The van der Waals surface area contributed by atoms with Crippen molar-refractivity contribution in [3.8, 4) is 5.75 Å². The van der Waals surface area contributed by atoms with Crippen molar-refractivity contribution in [3.05, 3.63) is 137 Å². The van der Waals surface area contributed by atoms with E-state index in [1.54, 1.807) is 25.1 Å². The van der Waals surface area contributed by atoms with Crippen LogP contribution in [0.2, 0.25) is 0 Å². The van der Waals surface area contributed by atoms with Gasteiger partial charge in [0.25, 0.3) is 5.91 Å². The molecule has 0 aromatic heterocycles. The van der Waals surface area contributed by atoms with Crippen molar-refractivity contribution in [2.75, 3.05) is 6.54 Å². The van der Waals surface area contributed by atoms with Crippen molar-refractivity contribution >= 4 is 11.8 Å². The van der Waals surface area contributed by atoms with Crippen LogP contribution in [0.3, 0.4) is 0 Å². The Bertz CT molecular complexity index is 1540. The molecule has 0 aliphatic rings. The van der Waals surface area contributed by atoms with Crippen LogP contribution in [-0.2, 0) is 24.2 Å². The van der Waals surface area contributed by atoms with Gasteiger partial charge in [-0.3, -0.25) is 14.5 Å². The molecule has 0 bridgehead atoms. The summed E-state index contributed by atoms with van der Waals surface area (Å²) < 4.78 is 0. The Morgan fingerprint density at radius 1 is 0.761 bits per heavy atom. The molecule has 4 aromatic carbocycles. The van der Waals surface area contributed by atoms with Gasteiger partial charge in [-0.1, -0.05) is 97.1 Å². The molecule has 7 nitrogen and oxygen atoms in total. The highest BCUT2D eigenvalue weighted by molar-refractivity contribution is 5.96. The lowest BCUT2D eigenvalue weighted by molar-refractivity contribution is -0.128. The van der Waals surface area contributed by atoms with Crippen LogP contribution in [0.5, 0.6) is 5.75 Å². The molecule has 0 spiro atoms. The number of aliphatic hydroxyl groups is 1. The molecule has 242 valence electrons. The average molecular weight is 622 g/mol. The second-order valence-corrected chi connectivity index (χ2v) is 13.0. The summed E-state index contributed by atoms with van der Waals surface area (Å²) in [5.74, 6) is -0.390. The minimum Gasteiger partial charge on any atom is -0.508 e. The Morgan fingerprint density at radius 3 is 1.87 bits per heavy atom. The van der Waals surface area contributed by atoms with Crippen LogP contribution < -0.4 is 10.6 Å². The third-order valence-electron chi connectivity index (χ3n) is 8.08. The van der Waals surface area contributed by atoms with Gasteiger partial charge >= 0.3 is 0 Å². The summed E-state index contributed by atoms with van der Waals surface area (Å²) in [7, 11) is 0. The fourth-order valence-electron chi connectivity index (χ4n) is 5.61. The van der Waals surface area contributed by atoms with Crippen LogP contribution in [0, 0.1) is 6.92 Å². The van der Waals surface area contributed by atoms with E-state index >= 15 is 0 Å². The number of nitrogens with one attached hydrogen (secondary N) is 2. The van der Waals surface area contributed by atoms with Crippen molar-refractivity contribution in [2.45, 2.75) is 77.2 Å². The van der Waals surface area contributed by atoms with Crippen molar-refractivity contribution in [1.82, 2.24) is 15.5 Å². The molecule has 0 saturated carbocycles. The molecular formula is C39H47N3O4. The zero-order valence-electron chi connectivity index (χ0n) is 27.3. The Kier molecular flexibility index (Phi) is 12.1. The van der Waals surface area contributed by atoms with Crippen molar-refractivity contribution in [3.63, 3.8) is 0 Å². The normalized spacial score (nSPS) is 13.5. The second-order valence-electron chi connectivity index (χ2n) is 13.0.